The van der Waals surface area contributed by atoms with Crippen molar-refractivity contribution in [1.82, 2.24) is 14.1 Å². The maximum absolute atomic E-state index is 14.0. The minimum Gasteiger partial charge on any atom is -0.325 e. The molecule has 0 aliphatic heterocycles. The number of halogens is 4. The van der Waals surface area contributed by atoms with Gasteiger partial charge in [0.25, 0.3) is 5.56 Å². The molecule has 0 aliphatic rings. The monoisotopic (exact) mass is 470 g/mol. The van der Waals surface area contributed by atoms with Crippen LogP contribution in [-0.4, -0.2) is 14.1 Å². The summed E-state index contributed by atoms with van der Waals surface area (Å²) in [5, 5.41) is 2.93. The Morgan fingerprint density at radius 1 is 0.971 bits per heavy atom. The third kappa shape index (κ3) is 4.47. The average Bonchev–Trinajstić information content (AvgIpc) is 2.79. The maximum atomic E-state index is 14.0. The zero-order valence-corrected chi connectivity index (χ0v) is 18.1. The Kier molecular flexibility index (Phi) is 6.06. The Balaban J connectivity index is 1.76. The van der Waals surface area contributed by atoms with Gasteiger partial charge in [0.15, 0.2) is 17.5 Å². The van der Waals surface area contributed by atoms with Crippen molar-refractivity contribution < 1.29 is 17.6 Å². The van der Waals surface area contributed by atoms with Crippen LogP contribution in [-0.2, 0) is 13.6 Å². The quantitative estimate of drug-likeness (QED) is 0.350. The molecule has 6 nitrogen and oxygen atoms in total. The van der Waals surface area contributed by atoms with E-state index in [1.54, 1.807) is 50.5 Å². The van der Waals surface area contributed by atoms with Crippen LogP contribution in [0.4, 0.5) is 29.2 Å². The first-order valence-corrected chi connectivity index (χ1v) is 10.1. The van der Waals surface area contributed by atoms with Gasteiger partial charge in [-0.25, -0.2) is 13.2 Å². The highest BCUT2D eigenvalue weighted by Crippen LogP contribution is 2.26. The van der Waals surface area contributed by atoms with Gasteiger partial charge in [0.05, 0.1) is 6.54 Å². The third-order valence-electron chi connectivity index (χ3n) is 5.27. The normalized spacial score (nSPS) is 11.0. The van der Waals surface area contributed by atoms with Crippen molar-refractivity contribution in [2.24, 2.45) is 7.05 Å². The Morgan fingerprint density at radius 2 is 1.68 bits per heavy atom. The average molecular weight is 470 g/mol. The van der Waals surface area contributed by atoms with Gasteiger partial charge in [-0.15, -0.1) is 0 Å². The molecule has 0 fully saturated rings. The fourth-order valence-electron chi connectivity index (χ4n) is 3.44. The lowest BCUT2D eigenvalue weighted by Crippen LogP contribution is -2.20. The van der Waals surface area contributed by atoms with Gasteiger partial charge in [0.1, 0.15) is 0 Å². The fraction of sp³-hybridized carbons (Fsp3) is 0.125. The molecule has 174 valence electrons. The number of hydrogen-bond acceptors (Lipinski definition) is 4. The number of rotatable bonds is 5. The summed E-state index contributed by atoms with van der Waals surface area (Å²) in [6, 6.07) is 10.1. The number of nitrogens with one attached hydrogen (secondary N) is 1. The number of anilines is 2. The summed E-state index contributed by atoms with van der Waals surface area (Å²) in [6.45, 7) is 1.46. The second-order valence-electron chi connectivity index (χ2n) is 7.71. The Hall–Kier alpha value is -4.21. The lowest BCUT2D eigenvalue weighted by atomic mass is 10.0. The zero-order chi connectivity index (χ0) is 24.6. The van der Waals surface area contributed by atoms with Crippen LogP contribution in [0.25, 0.3) is 11.1 Å². The van der Waals surface area contributed by atoms with Crippen LogP contribution in [0.2, 0.25) is 0 Å². The Labute approximate surface area is 190 Å². The van der Waals surface area contributed by atoms with Crippen LogP contribution in [0.1, 0.15) is 11.1 Å². The first-order valence-electron chi connectivity index (χ1n) is 10.1. The van der Waals surface area contributed by atoms with Crippen molar-refractivity contribution in [2.75, 3.05) is 5.32 Å². The highest BCUT2D eigenvalue weighted by molar-refractivity contribution is 5.71. The van der Waals surface area contributed by atoms with Gasteiger partial charge < -0.3 is 14.5 Å². The van der Waals surface area contributed by atoms with Crippen molar-refractivity contribution in [2.45, 2.75) is 13.5 Å². The van der Waals surface area contributed by atoms with E-state index in [4.69, 9.17) is 0 Å². The molecule has 4 aromatic rings. The molecule has 34 heavy (non-hydrogen) atoms. The lowest BCUT2D eigenvalue weighted by Gasteiger charge is -2.16. The van der Waals surface area contributed by atoms with Gasteiger partial charge in [0.2, 0.25) is 11.8 Å². The molecule has 0 radical (unpaired) electrons. The van der Waals surface area contributed by atoms with Gasteiger partial charge in [-0.3, -0.25) is 9.59 Å². The molecule has 0 atom stereocenters. The van der Waals surface area contributed by atoms with Crippen LogP contribution in [0.15, 0.2) is 64.4 Å². The molecule has 0 aliphatic carbocycles. The summed E-state index contributed by atoms with van der Waals surface area (Å²) in [6.07, 6.45) is 2.46. The summed E-state index contributed by atoms with van der Waals surface area (Å²) < 4.78 is 57.2. The molecule has 4 rings (SSSR count). The standard InChI is InChI=1S/C24H18F4N4O2/c1-13-5-6-15(16-4-3-7-31(2)23(16)34)10-20(13)29-24-30-22(33)19(27)12-32(24)11-14-8-17(25)21(28)18(26)9-14/h3-10,12H,11H2,1-2H3,(H,29,30,33). The Bertz CT molecular complexity index is 1510. The van der Waals surface area contributed by atoms with E-state index < -0.39 is 28.8 Å². The van der Waals surface area contributed by atoms with E-state index in [2.05, 4.69) is 10.3 Å². The molecule has 0 bridgehead atoms. The van der Waals surface area contributed by atoms with Crippen LogP contribution < -0.4 is 16.4 Å². The van der Waals surface area contributed by atoms with Gasteiger partial charge in [-0.2, -0.15) is 9.37 Å². The predicted molar refractivity (Wildman–Crippen MR) is 119 cm³/mol. The number of nitrogens with zero attached hydrogens (tertiary/aromatic N) is 3. The fourth-order valence-corrected chi connectivity index (χ4v) is 3.44. The number of pyridine rings is 1. The predicted octanol–water partition coefficient (Wildman–Crippen LogP) is 4.27. The molecule has 0 saturated heterocycles. The SMILES string of the molecule is Cc1ccc(-c2cccn(C)c2=O)cc1Nc1nc(=O)c(F)cn1Cc1cc(F)c(F)c(F)c1. The number of aryl methyl sites for hydroxylation is 2. The zero-order valence-electron chi connectivity index (χ0n) is 18.1. The molecule has 0 saturated carbocycles. The first-order chi connectivity index (χ1) is 16.1. The van der Waals surface area contributed by atoms with Crippen LogP contribution in [0, 0.1) is 30.2 Å². The van der Waals surface area contributed by atoms with Crippen LogP contribution in [0.5, 0.6) is 0 Å². The van der Waals surface area contributed by atoms with Gasteiger partial charge in [0, 0.05) is 30.7 Å². The van der Waals surface area contributed by atoms with Crippen molar-refractivity contribution in [3.05, 3.63) is 110 Å². The molecule has 2 aromatic carbocycles. The number of aromatic nitrogens is 3. The molecule has 0 amide bonds. The van der Waals surface area contributed by atoms with Gasteiger partial charge >= 0.3 is 5.56 Å². The van der Waals surface area contributed by atoms with E-state index in [0.29, 0.717) is 16.8 Å². The second-order valence-corrected chi connectivity index (χ2v) is 7.71. The van der Waals surface area contributed by atoms with Crippen LogP contribution >= 0.6 is 0 Å². The first kappa shape index (κ1) is 23.0. The molecule has 0 unspecified atom stereocenters. The molecule has 1 N–H and O–H groups in total. The summed E-state index contributed by atoms with van der Waals surface area (Å²) in [4.78, 5) is 28.1. The largest absolute Gasteiger partial charge is 0.325 e. The van der Waals surface area contributed by atoms with E-state index in [0.717, 1.165) is 28.5 Å². The summed E-state index contributed by atoms with van der Waals surface area (Å²) >= 11 is 0. The summed E-state index contributed by atoms with van der Waals surface area (Å²) in [5.41, 5.74) is 0.855. The van der Waals surface area contributed by atoms with Gasteiger partial charge in [-0.05, 0) is 53.9 Å². The van der Waals surface area contributed by atoms with E-state index in [9.17, 15) is 27.2 Å². The third-order valence-corrected chi connectivity index (χ3v) is 5.27. The van der Waals surface area contributed by atoms with E-state index >= 15 is 0 Å². The summed E-state index contributed by atoms with van der Waals surface area (Å²) in [7, 11) is 1.63. The van der Waals surface area contributed by atoms with Gasteiger partial charge in [-0.1, -0.05) is 12.1 Å². The Morgan fingerprint density at radius 3 is 2.38 bits per heavy atom. The van der Waals surface area contributed by atoms with Crippen molar-refractivity contribution >= 4 is 11.6 Å². The molecule has 2 heterocycles. The molecular weight excluding hydrogens is 452 g/mol. The molecule has 2 aromatic heterocycles. The topological polar surface area (TPSA) is 68.9 Å². The highest BCUT2D eigenvalue weighted by atomic mass is 19.2. The minimum absolute atomic E-state index is 0.0115. The van der Waals surface area contributed by atoms with Crippen molar-refractivity contribution in [3.8, 4) is 11.1 Å². The highest BCUT2D eigenvalue weighted by Gasteiger charge is 2.15. The minimum atomic E-state index is -1.62. The van der Waals surface area contributed by atoms with E-state index in [1.807, 2.05) is 0 Å². The second kappa shape index (κ2) is 8.97. The van der Waals surface area contributed by atoms with Crippen molar-refractivity contribution in [3.63, 3.8) is 0 Å². The maximum Gasteiger partial charge on any atom is 0.310 e. The summed E-state index contributed by atoms with van der Waals surface area (Å²) in [5.74, 6) is -5.70. The van der Waals surface area contributed by atoms with Crippen LogP contribution in [0.3, 0.4) is 0 Å². The molecular formula is C24H18F4N4O2. The number of benzene rings is 2. The molecule has 10 heteroatoms. The van der Waals surface area contributed by atoms with Crippen molar-refractivity contribution in [1.29, 1.82) is 0 Å². The number of hydrogen-bond donors (Lipinski definition) is 1. The smallest absolute Gasteiger partial charge is 0.310 e. The lowest BCUT2D eigenvalue weighted by molar-refractivity contribution is 0.444. The van der Waals surface area contributed by atoms with E-state index in [-0.39, 0.29) is 23.6 Å². The van der Waals surface area contributed by atoms with E-state index in [1.165, 1.54) is 4.57 Å². The molecule has 0 spiro atoms.